The van der Waals surface area contributed by atoms with Gasteiger partial charge in [-0.25, -0.2) is 0 Å². The predicted molar refractivity (Wildman–Crippen MR) is 134 cm³/mol. The first-order valence-electron chi connectivity index (χ1n) is 13.9. The number of carboxylic acid groups (broad SMARTS) is 1. The van der Waals surface area contributed by atoms with Gasteiger partial charge in [-0.15, -0.1) is 0 Å². The minimum Gasteiger partial charge on any atom is -0.481 e. The van der Waals surface area contributed by atoms with E-state index in [1.165, 1.54) is 5.57 Å². The molecule has 4 saturated carbocycles. The van der Waals surface area contributed by atoms with Crippen LogP contribution in [0.5, 0.6) is 0 Å². The maximum atomic E-state index is 12.8. The molecule has 0 aliphatic heterocycles. The molecular weight excluding hydrogens is 424 g/mol. The summed E-state index contributed by atoms with van der Waals surface area (Å²) in [6.07, 6.45) is 11.6. The zero-order valence-electron chi connectivity index (χ0n) is 22.4. The SMILES string of the molecule is CC1(C)CC[C@]2(C(=O)O)CC[C@]3(C)C(=CC[C@@H]4[C@@]5(C)CC[C@H](O)C(C)(CO)[C@@H]5CC[C@]43C)[C@@H]2C1. The van der Waals surface area contributed by atoms with Crippen LogP contribution in [0.3, 0.4) is 0 Å². The normalized spacial score (nSPS) is 54.1. The number of aliphatic hydroxyl groups is 2. The van der Waals surface area contributed by atoms with Crippen LogP contribution >= 0.6 is 0 Å². The molecule has 0 heterocycles. The molecule has 9 atom stereocenters. The van der Waals surface area contributed by atoms with Gasteiger partial charge in [0.1, 0.15) is 0 Å². The largest absolute Gasteiger partial charge is 0.481 e. The van der Waals surface area contributed by atoms with Crippen LogP contribution in [0.1, 0.15) is 106 Å². The number of allylic oxidation sites excluding steroid dienone is 2. The molecule has 192 valence electrons. The van der Waals surface area contributed by atoms with Gasteiger partial charge < -0.3 is 15.3 Å². The first kappa shape index (κ1) is 24.8. The Hall–Kier alpha value is -0.870. The predicted octanol–water partition coefficient (Wildman–Crippen LogP) is 6.21. The summed E-state index contributed by atoms with van der Waals surface area (Å²) in [4.78, 5) is 12.8. The fourth-order valence-corrected chi connectivity index (χ4v) is 10.7. The molecule has 0 spiro atoms. The highest BCUT2D eigenvalue weighted by atomic mass is 16.4. The van der Waals surface area contributed by atoms with Crippen molar-refractivity contribution in [1.29, 1.82) is 0 Å². The molecule has 0 bridgehead atoms. The maximum absolute atomic E-state index is 12.8. The van der Waals surface area contributed by atoms with Crippen molar-refractivity contribution in [1.82, 2.24) is 0 Å². The Morgan fingerprint density at radius 1 is 0.941 bits per heavy atom. The summed E-state index contributed by atoms with van der Waals surface area (Å²) in [5.74, 6) is 0.395. The Balaban J connectivity index is 1.60. The lowest BCUT2D eigenvalue weighted by Crippen LogP contribution is -2.65. The highest BCUT2D eigenvalue weighted by Gasteiger charge is 2.69. The molecule has 1 unspecified atom stereocenters. The average molecular weight is 473 g/mol. The van der Waals surface area contributed by atoms with E-state index in [9.17, 15) is 20.1 Å². The number of aliphatic hydroxyl groups excluding tert-OH is 2. The summed E-state index contributed by atoms with van der Waals surface area (Å²) in [7, 11) is 0. The molecule has 5 aliphatic rings. The molecule has 3 N–H and O–H groups in total. The minimum absolute atomic E-state index is 0.0204. The van der Waals surface area contributed by atoms with E-state index in [1.54, 1.807) is 0 Å². The molecule has 4 fully saturated rings. The Morgan fingerprint density at radius 3 is 2.26 bits per heavy atom. The van der Waals surface area contributed by atoms with Crippen molar-refractivity contribution in [2.75, 3.05) is 6.61 Å². The van der Waals surface area contributed by atoms with Crippen LogP contribution in [-0.2, 0) is 4.79 Å². The Bertz CT molecular complexity index is 907. The molecule has 34 heavy (non-hydrogen) atoms. The fraction of sp³-hybridized carbons (Fsp3) is 0.900. The molecule has 0 aromatic carbocycles. The topological polar surface area (TPSA) is 77.8 Å². The monoisotopic (exact) mass is 472 g/mol. The molecule has 5 rings (SSSR count). The van der Waals surface area contributed by atoms with E-state index in [0.717, 1.165) is 64.2 Å². The number of hydrogen-bond donors (Lipinski definition) is 3. The summed E-state index contributed by atoms with van der Waals surface area (Å²) in [6, 6.07) is 0. The lowest BCUT2D eigenvalue weighted by molar-refractivity contribution is -0.216. The van der Waals surface area contributed by atoms with Crippen LogP contribution in [0, 0.1) is 50.2 Å². The molecule has 0 saturated heterocycles. The molecule has 0 amide bonds. The van der Waals surface area contributed by atoms with Crippen LogP contribution in [0.4, 0.5) is 0 Å². The van der Waals surface area contributed by atoms with Crippen molar-refractivity contribution in [3.05, 3.63) is 11.6 Å². The third-order valence-corrected chi connectivity index (χ3v) is 13.2. The highest BCUT2D eigenvalue weighted by molar-refractivity contribution is 5.76. The molecule has 0 radical (unpaired) electrons. The number of carboxylic acids is 1. The van der Waals surface area contributed by atoms with Gasteiger partial charge in [-0.05, 0) is 104 Å². The van der Waals surface area contributed by atoms with Gasteiger partial charge in [-0.2, -0.15) is 0 Å². The first-order chi connectivity index (χ1) is 15.7. The number of fused-ring (bicyclic) bond motifs is 7. The Morgan fingerprint density at radius 2 is 1.62 bits per heavy atom. The number of rotatable bonds is 2. The van der Waals surface area contributed by atoms with Crippen LogP contribution in [0.2, 0.25) is 0 Å². The first-order valence-corrected chi connectivity index (χ1v) is 13.9. The van der Waals surface area contributed by atoms with Gasteiger partial charge in [0.25, 0.3) is 0 Å². The smallest absolute Gasteiger partial charge is 0.310 e. The molecule has 0 aromatic rings. The summed E-state index contributed by atoms with van der Waals surface area (Å²) < 4.78 is 0. The second-order valence-electron chi connectivity index (χ2n) is 14.9. The van der Waals surface area contributed by atoms with Crippen molar-refractivity contribution in [2.24, 2.45) is 50.2 Å². The molecule has 4 heteroatoms. The van der Waals surface area contributed by atoms with Crippen LogP contribution < -0.4 is 0 Å². The third-order valence-electron chi connectivity index (χ3n) is 13.2. The molecular formula is C30H48O4. The van der Waals surface area contributed by atoms with E-state index in [4.69, 9.17) is 0 Å². The second-order valence-corrected chi connectivity index (χ2v) is 14.9. The van der Waals surface area contributed by atoms with Gasteiger partial charge in [-0.1, -0.05) is 53.2 Å². The van der Waals surface area contributed by atoms with Crippen molar-refractivity contribution in [2.45, 2.75) is 112 Å². The molecule has 4 nitrogen and oxygen atoms in total. The summed E-state index contributed by atoms with van der Waals surface area (Å²) in [6.45, 7) is 14.3. The van der Waals surface area contributed by atoms with Crippen LogP contribution in [0.25, 0.3) is 0 Å². The van der Waals surface area contributed by atoms with Crippen molar-refractivity contribution in [3.8, 4) is 0 Å². The van der Waals surface area contributed by atoms with Gasteiger partial charge in [-0.3, -0.25) is 4.79 Å². The van der Waals surface area contributed by atoms with E-state index in [0.29, 0.717) is 11.8 Å². The zero-order valence-corrected chi connectivity index (χ0v) is 22.4. The quantitative estimate of drug-likeness (QED) is 0.418. The minimum atomic E-state index is -0.588. The standard InChI is InChI=1S/C30H48O4/c1-25(2)13-15-30(24(33)34)16-14-28(5)19(20(30)17-25)7-8-22-26(3)11-10-23(32)27(4,18-31)21(26)9-12-29(22,28)6/h7,20-23,31-32H,8-18H2,1-6H3,(H,33,34)/t20-,21+,22+,23-,26-,27?,28+,29+,30-/m0/s1. The van der Waals surface area contributed by atoms with Crippen molar-refractivity contribution >= 4 is 5.97 Å². The van der Waals surface area contributed by atoms with Gasteiger partial charge >= 0.3 is 5.97 Å². The van der Waals surface area contributed by atoms with E-state index in [-0.39, 0.29) is 34.2 Å². The number of carbonyl (C=O) groups is 1. The highest BCUT2D eigenvalue weighted by Crippen LogP contribution is 2.75. The summed E-state index contributed by atoms with van der Waals surface area (Å²) in [5.41, 5.74) is 0.858. The van der Waals surface area contributed by atoms with Crippen molar-refractivity contribution in [3.63, 3.8) is 0 Å². The van der Waals surface area contributed by atoms with E-state index < -0.39 is 22.9 Å². The fourth-order valence-electron chi connectivity index (χ4n) is 10.7. The van der Waals surface area contributed by atoms with Gasteiger partial charge in [0, 0.05) is 5.41 Å². The van der Waals surface area contributed by atoms with Crippen molar-refractivity contribution < 1.29 is 20.1 Å². The van der Waals surface area contributed by atoms with Gasteiger partial charge in [0.2, 0.25) is 0 Å². The molecule has 5 aliphatic carbocycles. The lowest BCUT2D eigenvalue weighted by atomic mass is 9.33. The van der Waals surface area contributed by atoms with Gasteiger partial charge in [0.15, 0.2) is 0 Å². The van der Waals surface area contributed by atoms with Crippen LogP contribution in [0.15, 0.2) is 11.6 Å². The Kier molecular flexibility index (Phi) is 5.36. The van der Waals surface area contributed by atoms with E-state index >= 15 is 0 Å². The summed E-state index contributed by atoms with van der Waals surface area (Å²) >= 11 is 0. The third kappa shape index (κ3) is 2.88. The number of aliphatic carboxylic acids is 1. The lowest BCUT2D eigenvalue weighted by Gasteiger charge is -2.71. The van der Waals surface area contributed by atoms with E-state index in [2.05, 4.69) is 47.6 Å². The summed E-state index contributed by atoms with van der Waals surface area (Å²) in [5, 5.41) is 31.8. The zero-order chi connectivity index (χ0) is 24.9. The molecule has 0 aromatic heterocycles. The van der Waals surface area contributed by atoms with Gasteiger partial charge in [0.05, 0.1) is 18.1 Å². The van der Waals surface area contributed by atoms with E-state index in [1.807, 2.05) is 0 Å². The maximum Gasteiger partial charge on any atom is 0.310 e. The average Bonchev–Trinajstić information content (AvgIpc) is 2.76. The van der Waals surface area contributed by atoms with Crippen LogP contribution in [-0.4, -0.2) is 34.0 Å². The Labute approximate surface area is 206 Å². The number of hydrogen-bond acceptors (Lipinski definition) is 3. The second kappa shape index (κ2) is 7.34.